The van der Waals surface area contributed by atoms with E-state index in [9.17, 15) is 4.79 Å². The molecular formula is C22H21N3OS3. The third-order valence-electron chi connectivity index (χ3n) is 4.47. The van der Waals surface area contributed by atoms with Crippen LogP contribution in [0.5, 0.6) is 0 Å². The molecule has 0 aliphatic rings. The minimum atomic E-state index is -0.0698. The molecule has 2 aromatic heterocycles. The van der Waals surface area contributed by atoms with Gasteiger partial charge in [0.15, 0.2) is 0 Å². The number of carbonyl (C=O) groups excluding carboxylic acids is 1. The molecule has 0 radical (unpaired) electrons. The molecule has 0 saturated carbocycles. The molecule has 0 unspecified atom stereocenters. The lowest BCUT2D eigenvalue weighted by Crippen LogP contribution is -2.30. The number of hydrogen-bond donors (Lipinski definition) is 1. The largest absolute Gasteiger partial charge is 0.346 e. The predicted molar refractivity (Wildman–Crippen MR) is 125 cm³/mol. The lowest BCUT2D eigenvalue weighted by atomic mass is 10.2. The maximum atomic E-state index is 12.7. The van der Waals surface area contributed by atoms with Crippen molar-refractivity contribution in [2.75, 3.05) is 12.0 Å². The van der Waals surface area contributed by atoms with Crippen molar-refractivity contribution in [3.05, 3.63) is 70.7 Å². The van der Waals surface area contributed by atoms with E-state index < -0.39 is 0 Å². The van der Waals surface area contributed by atoms with Crippen LogP contribution in [-0.2, 0) is 11.2 Å². The Labute approximate surface area is 182 Å². The van der Waals surface area contributed by atoms with Gasteiger partial charge < -0.3 is 5.32 Å². The summed E-state index contributed by atoms with van der Waals surface area (Å²) >= 11 is 5.01. The van der Waals surface area contributed by atoms with Crippen LogP contribution in [0.25, 0.3) is 20.8 Å². The Morgan fingerprint density at radius 3 is 2.69 bits per heavy atom. The number of rotatable bonds is 8. The smallest absolute Gasteiger partial charge is 0.226 e. The molecule has 2 heterocycles. The minimum absolute atomic E-state index is 0.0136. The van der Waals surface area contributed by atoms with Gasteiger partial charge in [0.05, 0.1) is 28.4 Å². The average Bonchev–Trinajstić information content (AvgIpc) is 3.38. The van der Waals surface area contributed by atoms with E-state index >= 15 is 0 Å². The summed E-state index contributed by atoms with van der Waals surface area (Å²) in [6.07, 6.45) is 3.22. The highest BCUT2D eigenvalue weighted by Crippen LogP contribution is 2.29. The van der Waals surface area contributed by atoms with Crippen LogP contribution in [0.1, 0.15) is 23.2 Å². The monoisotopic (exact) mass is 439 g/mol. The number of thiazole rings is 2. The maximum Gasteiger partial charge on any atom is 0.226 e. The molecule has 4 rings (SSSR count). The first-order valence-corrected chi connectivity index (χ1v) is 12.5. The number of nitrogens with zero attached hydrogens (tertiary/aromatic N) is 2. The number of amides is 1. The van der Waals surface area contributed by atoms with Crippen molar-refractivity contribution < 1.29 is 4.79 Å². The number of carbonyl (C=O) groups is 1. The third kappa shape index (κ3) is 5.04. The summed E-state index contributed by atoms with van der Waals surface area (Å²) in [7, 11) is 0. The number of thioether (sulfide) groups is 1. The van der Waals surface area contributed by atoms with Gasteiger partial charge in [-0.2, -0.15) is 11.8 Å². The van der Waals surface area contributed by atoms with E-state index in [0.29, 0.717) is 0 Å². The van der Waals surface area contributed by atoms with Gasteiger partial charge >= 0.3 is 0 Å². The highest BCUT2D eigenvalue weighted by Gasteiger charge is 2.19. The van der Waals surface area contributed by atoms with E-state index in [1.54, 1.807) is 34.4 Å². The SMILES string of the molecule is CSCC[C@@H](NC(=O)Cc1csc(-c2ccccc2)n1)c1nc2ccccc2s1. The number of nitrogens with one attached hydrogen (secondary N) is 1. The predicted octanol–water partition coefficient (Wildman–Crippen LogP) is 5.57. The molecule has 0 saturated heterocycles. The van der Waals surface area contributed by atoms with E-state index in [1.165, 1.54) is 0 Å². The summed E-state index contributed by atoms with van der Waals surface area (Å²) in [5.41, 5.74) is 2.87. The molecule has 1 atom stereocenters. The van der Waals surface area contributed by atoms with Crippen molar-refractivity contribution in [2.24, 2.45) is 0 Å². The second-order valence-electron chi connectivity index (χ2n) is 6.61. The molecule has 0 bridgehead atoms. The van der Waals surface area contributed by atoms with E-state index in [1.807, 2.05) is 53.9 Å². The van der Waals surface area contributed by atoms with Crippen LogP contribution in [0.3, 0.4) is 0 Å². The minimum Gasteiger partial charge on any atom is -0.346 e. The summed E-state index contributed by atoms with van der Waals surface area (Å²) in [6, 6.07) is 18.1. The summed E-state index contributed by atoms with van der Waals surface area (Å²) in [6.45, 7) is 0. The van der Waals surface area contributed by atoms with Gasteiger partial charge in [-0.1, -0.05) is 42.5 Å². The topological polar surface area (TPSA) is 54.9 Å². The molecule has 1 N–H and O–H groups in total. The zero-order valence-corrected chi connectivity index (χ0v) is 18.4. The highest BCUT2D eigenvalue weighted by molar-refractivity contribution is 7.98. The fraction of sp³-hybridized carbons (Fsp3) is 0.227. The second-order valence-corrected chi connectivity index (χ2v) is 9.51. The van der Waals surface area contributed by atoms with E-state index in [2.05, 4.69) is 22.6 Å². The van der Waals surface area contributed by atoms with Crippen LogP contribution >= 0.6 is 34.4 Å². The van der Waals surface area contributed by atoms with Gasteiger partial charge in [0.1, 0.15) is 10.0 Å². The molecule has 4 aromatic rings. The Hall–Kier alpha value is -2.22. The van der Waals surface area contributed by atoms with Gasteiger partial charge in [0, 0.05) is 10.9 Å². The van der Waals surface area contributed by atoms with Crippen molar-refractivity contribution in [3.8, 4) is 10.6 Å². The number of benzene rings is 2. The molecule has 148 valence electrons. The highest BCUT2D eigenvalue weighted by atomic mass is 32.2. The van der Waals surface area contributed by atoms with Gasteiger partial charge in [0.25, 0.3) is 0 Å². The fourth-order valence-electron chi connectivity index (χ4n) is 3.04. The van der Waals surface area contributed by atoms with Gasteiger partial charge in [-0.15, -0.1) is 22.7 Å². The van der Waals surface area contributed by atoms with Gasteiger partial charge in [0.2, 0.25) is 5.91 Å². The summed E-state index contributed by atoms with van der Waals surface area (Å²) in [4.78, 5) is 22.1. The molecule has 7 heteroatoms. The lowest BCUT2D eigenvalue weighted by Gasteiger charge is -2.15. The number of aromatic nitrogens is 2. The molecule has 0 fully saturated rings. The van der Waals surface area contributed by atoms with Crippen LogP contribution in [0, 0.1) is 0 Å². The lowest BCUT2D eigenvalue weighted by molar-refractivity contribution is -0.121. The van der Waals surface area contributed by atoms with Gasteiger partial charge in [-0.25, -0.2) is 9.97 Å². The fourth-order valence-corrected chi connectivity index (χ4v) is 5.39. The molecule has 0 aliphatic heterocycles. The van der Waals surface area contributed by atoms with E-state index in [4.69, 9.17) is 4.98 Å². The summed E-state index contributed by atoms with van der Waals surface area (Å²) in [5, 5.41) is 7.07. The van der Waals surface area contributed by atoms with Crippen molar-refractivity contribution in [1.29, 1.82) is 0 Å². The van der Waals surface area contributed by atoms with Crippen LogP contribution in [-0.4, -0.2) is 27.9 Å². The molecule has 4 nitrogen and oxygen atoms in total. The molecular weight excluding hydrogens is 418 g/mol. The van der Waals surface area contributed by atoms with E-state index in [-0.39, 0.29) is 18.4 Å². The zero-order chi connectivity index (χ0) is 20.1. The first kappa shape index (κ1) is 20.1. The van der Waals surface area contributed by atoms with Crippen molar-refractivity contribution >= 4 is 50.6 Å². The molecule has 0 spiro atoms. The standard InChI is InChI=1S/C22H21N3OS3/c1-27-12-11-18(22-25-17-9-5-6-10-19(17)29-22)24-20(26)13-16-14-28-21(23-16)15-7-3-2-4-8-15/h2-10,14,18H,11-13H2,1H3,(H,24,26)/t18-/m1/s1. The van der Waals surface area contributed by atoms with Crippen molar-refractivity contribution in [3.63, 3.8) is 0 Å². The zero-order valence-electron chi connectivity index (χ0n) is 16.0. The van der Waals surface area contributed by atoms with Gasteiger partial charge in [-0.3, -0.25) is 4.79 Å². The Morgan fingerprint density at radius 1 is 1.10 bits per heavy atom. The van der Waals surface area contributed by atoms with Crippen LogP contribution in [0.2, 0.25) is 0 Å². The summed E-state index contributed by atoms with van der Waals surface area (Å²) in [5.74, 6) is 0.954. The average molecular weight is 440 g/mol. The van der Waals surface area contributed by atoms with Crippen LogP contribution in [0.15, 0.2) is 60.0 Å². The molecule has 2 aromatic carbocycles. The van der Waals surface area contributed by atoms with Crippen LogP contribution in [0.4, 0.5) is 0 Å². The number of fused-ring (bicyclic) bond motifs is 1. The third-order valence-corrected chi connectivity index (χ3v) is 7.20. The van der Waals surface area contributed by atoms with Crippen molar-refractivity contribution in [1.82, 2.24) is 15.3 Å². The Morgan fingerprint density at radius 2 is 1.90 bits per heavy atom. The van der Waals surface area contributed by atoms with E-state index in [0.717, 1.165) is 43.7 Å². The number of hydrogen-bond acceptors (Lipinski definition) is 6. The normalized spacial score (nSPS) is 12.2. The molecule has 1 amide bonds. The first-order valence-electron chi connectivity index (χ1n) is 9.36. The van der Waals surface area contributed by atoms with Gasteiger partial charge in [-0.05, 0) is 30.6 Å². The Balaban J connectivity index is 1.46. The van der Waals surface area contributed by atoms with Crippen LogP contribution < -0.4 is 5.32 Å². The van der Waals surface area contributed by atoms with Crippen molar-refractivity contribution in [2.45, 2.75) is 18.9 Å². The molecule has 29 heavy (non-hydrogen) atoms. The molecule has 0 aliphatic carbocycles. The quantitative estimate of drug-likeness (QED) is 0.390. The number of para-hydroxylation sites is 1. The second kappa shape index (κ2) is 9.52. The summed E-state index contributed by atoms with van der Waals surface area (Å²) < 4.78 is 1.15. The Bertz CT molecular complexity index is 1060. The first-order chi connectivity index (χ1) is 14.2. The Kier molecular flexibility index (Phi) is 6.59. The maximum absolute atomic E-state index is 12.7.